The molecule has 1 heterocycles. The molecule has 1 saturated heterocycles. The van der Waals surface area contributed by atoms with E-state index in [4.69, 9.17) is 0 Å². The van der Waals surface area contributed by atoms with Crippen molar-refractivity contribution in [3.63, 3.8) is 0 Å². The number of aliphatic carboxylic acids is 1. The highest BCUT2D eigenvalue weighted by molar-refractivity contribution is 8.14. The Morgan fingerprint density at radius 2 is 1.93 bits per heavy atom. The number of amides is 2. The number of rotatable bonds is 7. The van der Waals surface area contributed by atoms with Gasteiger partial charge in [0.05, 0.1) is 5.25 Å². The van der Waals surface area contributed by atoms with Crippen molar-refractivity contribution in [2.24, 2.45) is 0 Å². The van der Waals surface area contributed by atoms with Crippen molar-refractivity contribution in [1.82, 2.24) is 10.2 Å². The first-order chi connectivity index (χ1) is 13.6. The Hall–Kier alpha value is -2.35. The Morgan fingerprint density at radius 3 is 2.52 bits per heavy atom. The topological polar surface area (TPSA) is 104 Å². The lowest BCUT2D eigenvalue weighted by Gasteiger charge is -2.37. The van der Waals surface area contributed by atoms with E-state index >= 15 is 0 Å². The molecule has 1 aromatic rings. The van der Waals surface area contributed by atoms with Gasteiger partial charge in [0, 0.05) is 12.5 Å². The zero-order chi connectivity index (χ0) is 21.6. The molecule has 2 rings (SSSR count). The second-order valence-electron chi connectivity index (χ2n) is 7.87. The summed E-state index contributed by atoms with van der Waals surface area (Å²) in [7, 11) is 0. The molecule has 8 heteroatoms. The van der Waals surface area contributed by atoms with Gasteiger partial charge in [-0.3, -0.25) is 19.2 Å². The van der Waals surface area contributed by atoms with Crippen LogP contribution in [0.25, 0.3) is 0 Å². The average molecular weight is 421 g/mol. The van der Waals surface area contributed by atoms with E-state index in [0.717, 1.165) is 17.3 Å². The Bertz CT molecular complexity index is 766. The first-order valence-corrected chi connectivity index (χ1v) is 10.5. The van der Waals surface area contributed by atoms with Gasteiger partial charge < -0.3 is 15.3 Å². The molecule has 0 spiro atoms. The smallest absolute Gasteiger partial charge is 0.323 e. The quantitative estimate of drug-likeness (QED) is 0.701. The molecule has 0 aromatic heterocycles. The molecule has 2 atom stereocenters. The van der Waals surface area contributed by atoms with Crippen LogP contribution in [0.3, 0.4) is 0 Å². The van der Waals surface area contributed by atoms with Crippen LogP contribution in [0.4, 0.5) is 0 Å². The Balaban J connectivity index is 2.16. The highest BCUT2D eigenvalue weighted by Gasteiger charge is 2.40. The second kappa shape index (κ2) is 9.91. The largest absolute Gasteiger partial charge is 0.480 e. The minimum absolute atomic E-state index is 0.179. The van der Waals surface area contributed by atoms with E-state index in [1.807, 2.05) is 44.2 Å². The lowest BCUT2D eigenvalue weighted by Crippen LogP contribution is -2.56. The van der Waals surface area contributed by atoms with Gasteiger partial charge in [0.2, 0.25) is 11.8 Å². The number of carboxylic acid groups (broad SMARTS) is 1. The van der Waals surface area contributed by atoms with Crippen LogP contribution < -0.4 is 5.32 Å². The van der Waals surface area contributed by atoms with Gasteiger partial charge in [-0.2, -0.15) is 0 Å². The molecule has 0 saturated carbocycles. The number of carboxylic acids is 1. The van der Waals surface area contributed by atoms with Gasteiger partial charge in [-0.1, -0.05) is 42.1 Å². The summed E-state index contributed by atoms with van der Waals surface area (Å²) in [5, 5.41) is 11.1. The Morgan fingerprint density at radius 1 is 1.28 bits per heavy atom. The number of carbonyl (C=O) groups is 4. The maximum absolute atomic E-state index is 13.0. The summed E-state index contributed by atoms with van der Waals surface area (Å²) < 4.78 is 0. The molecule has 7 nitrogen and oxygen atoms in total. The molecule has 1 aromatic carbocycles. The van der Waals surface area contributed by atoms with E-state index in [0.29, 0.717) is 25.7 Å². The Labute approximate surface area is 175 Å². The molecule has 0 bridgehead atoms. The number of carbonyl (C=O) groups excluding carboxylic acids is 3. The van der Waals surface area contributed by atoms with E-state index in [1.54, 1.807) is 0 Å². The third kappa shape index (κ3) is 6.59. The third-order valence-corrected chi connectivity index (χ3v) is 6.05. The van der Waals surface area contributed by atoms with E-state index in [1.165, 1.54) is 11.8 Å². The van der Waals surface area contributed by atoms with Gasteiger partial charge >= 0.3 is 5.97 Å². The van der Waals surface area contributed by atoms with Crippen LogP contribution in [0.1, 0.15) is 45.6 Å². The summed E-state index contributed by atoms with van der Waals surface area (Å²) in [6.45, 7) is 4.67. The molecular weight excluding hydrogens is 392 g/mol. The number of likely N-dealkylation sites (tertiary alicyclic amines) is 1. The van der Waals surface area contributed by atoms with Crippen molar-refractivity contribution in [3.05, 3.63) is 35.9 Å². The molecule has 1 fully saturated rings. The molecule has 0 aliphatic carbocycles. The normalized spacial score (nSPS) is 19.9. The minimum Gasteiger partial charge on any atom is -0.480 e. The maximum atomic E-state index is 13.0. The monoisotopic (exact) mass is 420 g/mol. The summed E-state index contributed by atoms with van der Waals surface area (Å²) in [4.78, 5) is 50.2. The van der Waals surface area contributed by atoms with Crippen molar-refractivity contribution in [2.45, 2.75) is 63.3 Å². The zero-order valence-electron chi connectivity index (χ0n) is 17.0. The van der Waals surface area contributed by atoms with Crippen LogP contribution in [0.15, 0.2) is 30.3 Å². The number of thioether (sulfide) groups is 1. The molecule has 2 amide bonds. The van der Waals surface area contributed by atoms with Gasteiger partial charge in [0.25, 0.3) is 0 Å². The molecule has 29 heavy (non-hydrogen) atoms. The fraction of sp³-hybridized carbons (Fsp3) is 0.524. The maximum Gasteiger partial charge on any atom is 0.323 e. The molecule has 1 aliphatic heterocycles. The standard InChI is InChI=1S/C21H28N2O5S/c1-14(24)29-17(12-15-8-5-4-6-9-15)19(27)22-16-10-7-11-21(2,3)23(20(16)28)13-18(25)26/h4-6,8-9,16-17H,7,10-13H2,1-3H3,(H,22,27)(H,25,26)/t16-,17+/m0/s1. The van der Waals surface area contributed by atoms with Gasteiger partial charge in [-0.05, 0) is 45.1 Å². The third-order valence-electron chi connectivity index (χ3n) is 5.05. The van der Waals surface area contributed by atoms with Gasteiger partial charge in [-0.15, -0.1) is 0 Å². The van der Waals surface area contributed by atoms with Gasteiger partial charge in [0.1, 0.15) is 12.6 Å². The highest BCUT2D eigenvalue weighted by atomic mass is 32.2. The van der Waals surface area contributed by atoms with Crippen LogP contribution in [0.2, 0.25) is 0 Å². The summed E-state index contributed by atoms with van der Waals surface area (Å²) in [5.41, 5.74) is 0.314. The first-order valence-electron chi connectivity index (χ1n) is 9.65. The van der Waals surface area contributed by atoms with Crippen LogP contribution in [0.5, 0.6) is 0 Å². The van der Waals surface area contributed by atoms with Crippen LogP contribution in [-0.2, 0) is 25.6 Å². The van der Waals surface area contributed by atoms with Crippen molar-refractivity contribution >= 4 is 34.7 Å². The number of hydrogen-bond donors (Lipinski definition) is 2. The van der Waals surface area contributed by atoms with Gasteiger partial charge in [0.15, 0.2) is 5.12 Å². The van der Waals surface area contributed by atoms with E-state index in [-0.39, 0.29) is 11.0 Å². The molecular formula is C21H28N2O5S. The number of benzene rings is 1. The summed E-state index contributed by atoms with van der Waals surface area (Å²) >= 11 is 0.939. The average Bonchev–Trinajstić information content (AvgIpc) is 2.73. The number of nitrogens with one attached hydrogen (secondary N) is 1. The number of hydrogen-bond acceptors (Lipinski definition) is 5. The van der Waals surface area contributed by atoms with Crippen molar-refractivity contribution < 1.29 is 24.3 Å². The first kappa shape index (κ1) is 22.9. The number of nitrogens with zero attached hydrogens (tertiary/aromatic N) is 1. The van der Waals surface area contributed by atoms with Gasteiger partial charge in [-0.25, -0.2) is 0 Å². The molecule has 0 unspecified atom stereocenters. The summed E-state index contributed by atoms with van der Waals surface area (Å²) in [5.74, 6) is -1.87. The summed E-state index contributed by atoms with van der Waals surface area (Å²) in [6, 6.07) is 8.57. The van der Waals surface area contributed by atoms with Crippen LogP contribution in [0, 0.1) is 0 Å². The molecule has 0 radical (unpaired) electrons. The van der Waals surface area contributed by atoms with Crippen LogP contribution in [-0.4, -0.2) is 56.3 Å². The fourth-order valence-corrected chi connectivity index (χ4v) is 4.38. The van der Waals surface area contributed by atoms with Crippen molar-refractivity contribution in [3.8, 4) is 0 Å². The molecule has 158 valence electrons. The highest BCUT2D eigenvalue weighted by Crippen LogP contribution is 2.28. The van der Waals surface area contributed by atoms with Crippen LogP contribution >= 0.6 is 11.8 Å². The van der Waals surface area contributed by atoms with E-state index in [2.05, 4.69) is 5.32 Å². The van der Waals surface area contributed by atoms with Crippen molar-refractivity contribution in [1.29, 1.82) is 0 Å². The zero-order valence-corrected chi connectivity index (χ0v) is 17.8. The minimum atomic E-state index is -1.09. The second-order valence-corrected chi connectivity index (χ2v) is 9.25. The van der Waals surface area contributed by atoms with E-state index in [9.17, 15) is 24.3 Å². The Kier molecular flexibility index (Phi) is 7.84. The fourth-order valence-electron chi connectivity index (χ4n) is 3.53. The molecule has 1 aliphatic rings. The lowest BCUT2D eigenvalue weighted by molar-refractivity contribution is -0.149. The SMILES string of the molecule is CC(=O)S[C@H](Cc1ccccc1)C(=O)N[C@H]1CCCC(C)(C)N(CC(=O)O)C1=O. The lowest BCUT2D eigenvalue weighted by atomic mass is 9.97. The van der Waals surface area contributed by atoms with Crippen molar-refractivity contribution in [2.75, 3.05) is 6.54 Å². The summed E-state index contributed by atoms with van der Waals surface area (Å²) in [6.07, 6.45) is 2.13. The van der Waals surface area contributed by atoms with E-state index < -0.39 is 35.3 Å². The predicted molar refractivity (Wildman–Crippen MR) is 111 cm³/mol. The predicted octanol–water partition coefficient (Wildman–Crippen LogP) is 2.24. The molecule has 2 N–H and O–H groups in total.